The number of alkyl halides is 1. The summed E-state index contributed by atoms with van der Waals surface area (Å²) in [6.07, 6.45) is 0. The standard InChI is InChI=1S/C18H14ClNO2/c1-10-7-8-12(9-11(10)2)20-16-15(19)17(21)13-5-3-4-6-14(13)18(16)22/h3-9,15H,1-2H3. The summed E-state index contributed by atoms with van der Waals surface area (Å²) in [6.45, 7) is 3.97. The van der Waals surface area contributed by atoms with E-state index >= 15 is 0 Å². The van der Waals surface area contributed by atoms with Crippen LogP contribution in [-0.4, -0.2) is 22.7 Å². The molecule has 0 aromatic heterocycles. The predicted octanol–water partition coefficient (Wildman–Crippen LogP) is 4.06. The Labute approximate surface area is 133 Å². The molecule has 1 aliphatic rings. The van der Waals surface area contributed by atoms with Crippen molar-refractivity contribution in [2.24, 2.45) is 4.99 Å². The third-order valence-electron chi connectivity index (χ3n) is 3.88. The molecule has 0 amide bonds. The molecule has 0 spiro atoms. The predicted molar refractivity (Wildman–Crippen MR) is 87.8 cm³/mol. The molecule has 1 atom stereocenters. The van der Waals surface area contributed by atoms with Crippen LogP contribution < -0.4 is 0 Å². The molecular weight excluding hydrogens is 298 g/mol. The SMILES string of the molecule is Cc1ccc(N=C2C(=O)c3ccccc3C(=O)C2Cl)cc1C. The van der Waals surface area contributed by atoms with Crippen molar-refractivity contribution >= 4 is 34.6 Å². The summed E-state index contributed by atoms with van der Waals surface area (Å²) in [4.78, 5) is 29.2. The zero-order valence-electron chi connectivity index (χ0n) is 12.3. The number of aryl methyl sites for hydroxylation is 2. The van der Waals surface area contributed by atoms with E-state index in [1.54, 1.807) is 24.3 Å². The minimum atomic E-state index is -1.04. The average molecular weight is 312 g/mol. The number of carbonyl (C=O) groups excluding carboxylic acids is 2. The van der Waals surface area contributed by atoms with Gasteiger partial charge in [0.05, 0.1) is 5.69 Å². The minimum Gasteiger partial charge on any atom is -0.292 e. The summed E-state index contributed by atoms with van der Waals surface area (Å²) >= 11 is 6.18. The molecule has 0 heterocycles. The largest absolute Gasteiger partial charge is 0.292 e. The van der Waals surface area contributed by atoms with Gasteiger partial charge >= 0.3 is 0 Å². The zero-order valence-corrected chi connectivity index (χ0v) is 13.0. The van der Waals surface area contributed by atoms with Crippen LogP contribution in [-0.2, 0) is 0 Å². The molecule has 0 saturated heterocycles. The molecule has 22 heavy (non-hydrogen) atoms. The Hall–Kier alpha value is -2.26. The van der Waals surface area contributed by atoms with Gasteiger partial charge in [-0.1, -0.05) is 30.3 Å². The van der Waals surface area contributed by atoms with Crippen LogP contribution in [0.1, 0.15) is 31.8 Å². The second-order valence-electron chi connectivity index (χ2n) is 5.37. The molecule has 3 nitrogen and oxygen atoms in total. The second kappa shape index (κ2) is 5.50. The fraction of sp³-hybridized carbons (Fsp3) is 0.167. The number of nitrogens with zero attached hydrogens (tertiary/aromatic N) is 1. The number of hydrogen-bond acceptors (Lipinski definition) is 3. The molecule has 3 rings (SSSR count). The van der Waals surface area contributed by atoms with Gasteiger partial charge in [0, 0.05) is 11.1 Å². The van der Waals surface area contributed by atoms with Crippen molar-refractivity contribution in [3.63, 3.8) is 0 Å². The smallest absolute Gasteiger partial charge is 0.209 e. The van der Waals surface area contributed by atoms with Gasteiger partial charge in [-0.05, 0) is 37.1 Å². The Balaban J connectivity index is 2.11. The van der Waals surface area contributed by atoms with Crippen LogP contribution in [0.25, 0.3) is 0 Å². The van der Waals surface area contributed by atoms with Crippen molar-refractivity contribution in [3.05, 3.63) is 64.7 Å². The maximum atomic E-state index is 12.6. The van der Waals surface area contributed by atoms with Crippen LogP contribution in [0.2, 0.25) is 0 Å². The van der Waals surface area contributed by atoms with Crippen LogP contribution in [0.5, 0.6) is 0 Å². The highest BCUT2D eigenvalue weighted by atomic mass is 35.5. The van der Waals surface area contributed by atoms with Crippen molar-refractivity contribution in [3.8, 4) is 0 Å². The lowest BCUT2D eigenvalue weighted by molar-refractivity contribution is 0.0968. The highest BCUT2D eigenvalue weighted by molar-refractivity contribution is 6.65. The second-order valence-corrected chi connectivity index (χ2v) is 5.80. The quantitative estimate of drug-likeness (QED) is 0.745. The Morgan fingerprint density at radius 1 is 0.955 bits per heavy atom. The first-order valence-electron chi connectivity index (χ1n) is 6.97. The fourth-order valence-corrected chi connectivity index (χ4v) is 2.72. The lowest BCUT2D eigenvalue weighted by Gasteiger charge is -2.19. The number of fused-ring (bicyclic) bond motifs is 1. The lowest BCUT2D eigenvalue weighted by atomic mass is 9.87. The van der Waals surface area contributed by atoms with E-state index in [9.17, 15) is 9.59 Å². The van der Waals surface area contributed by atoms with Gasteiger partial charge in [-0.25, -0.2) is 4.99 Å². The van der Waals surface area contributed by atoms with Gasteiger partial charge in [0.15, 0.2) is 5.78 Å². The lowest BCUT2D eigenvalue weighted by Crippen LogP contribution is -2.37. The van der Waals surface area contributed by atoms with Gasteiger partial charge in [0.25, 0.3) is 0 Å². The Morgan fingerprint density at radius 3 is 2.32 bits per heavy atom. The number of hydrogen-bond donors (Lipinski definition) is 0. The molecule has 0 fully saturated rings. The third kappa shape index (κ3) is 2.38. The van der Waals surface area contributed by atoms with E-state index in [0.29, 0.717) is 16.8 Å². The average Bonchev–Trinajstić information content (AvgIpc) is 2.53. The summed E-state index contributed by atoms with van der Waals surface area (Å²) in [7, 11) is 0. The van der Waals surface area contributed by atoms with Crippen molar-refractivity contribution in [2.75, 3.05) is 0 Å². The molecule has 0 radical (unpaired) electrons. The zero-order chi connectivity index (χ0) is 15.9. The number of benzene rings is 2. The van der Waals surface area contributed by atoms with E-state index in [4.69, 9.17) is 11.6 Å². The van der Waals surface area contributed by atoms with E-state index in [0.717, 1.165) is 11.1 Å². The number of carbonyl (C=O) groups is 2. The number of rotatable bonds is 1. The number of halogens is 1. The molecule has 1 aliphatic carbocycles. The highest BCUT2D eigenvalue weighted by Crippen LogP contribution is 2.26. The number of aliphatic imine (C=N–C) groups is 1. The van der Waals surface area contributed by atoms with E-state index in [2.05, 4.69) is 4.99 Å². The van der Waals surface area contributed by atoms with Crippen LogP contribution in [0, 0.1) is 13.8 Å². The third-order valence-corrected chi connectivity index (χ3v) is 4.28. The molecular formula is C18H14ClNO2. The van der Waals surface area contributed by atoms with Gasteiger partial charge in [-0.15, -0.1) is 11.6 Å². The summed E-state index contributed by atoms with van der Waals surface area (Å²) in [5, 5.41) is -1.04. The number of ketones is 2. The molecule has 2 aromatic rings. The fourth-order valence-electron chi connectivity index (χ4n) is 2.45. The normalized spacial score (nSPS) is 19.4. The molecule has 1 unspecified atom stereocenters. The topological polar surface area (TPSA) is 46.5 Å². The van der Waals surface area contributed by atoms with Gasteiger partial charge in [-0.2, -0.15) is 0 Å². The van der Waals surface area contributed by atoms with Gasteiger partial charge < -0.3 is 0 Å². The molecule has 4 heteroatoms. The first-order chi connectivity index (χ1) is 10.5. The van der Waals surface area contributed by atoms with Crippen molar-refractivity contribution < 1.29 is 9.59 Å². The summed E-state index contributed by atoms with van der Waals surface area (Å²) in [6, 6.07) is 12.3. The molecule has 0 N–H and O–H groups in total. The van der Waals surface area contributed by atoms with Crippen LogP contribution in [0.3, 0.4) is 0 Å². The molecule has 0 saturated carbocycles. The van der Waals surface area contributed by atoms with Crippen LogP contribution >= 0.6 is 11.6 Å². The first-order valence-corrected chi connectivity index (χ1v) is 7.40. The van der Waals surface area contributed by atoms with Crippen molar-refractivity contribution in [1.29, 1.82) is 0 Å². The van der Waals surface area contributed by atoms with Crippen LogP contribution in [0.15, 0.2) is 47.5 Å². The van der Waals surface area contributed by atoms with E-state index in [1.807, 2.05) is 32.0 Å². The monoisotopic (exact) mass is 311 g/mol. The molecule has 110 valence electrons. The summed E-state index contributed by atoms with van der Waals surface area (Å²) in [5.41, 5.74) is 3.67. The van der Waals surface area contributed by atoms with Gasteiger partial charge in [0.1, 0.15) is 11.1 Å². The first kappa shape index (κ1) is 14.7. The Bertz CT molecular complexity index is 824. The maximum absolute atomic E-state index is 12.6. The van der Waals surface area contributed by atoms with Crippen molar-refractivity contribution in [1.82, 2.24) is 0 Å². The number of Topliss-reactive ketones (excluding diaryl/α,β-unsaturated/α-hetero) is 2. The van der Waals surface area contributed by atoms with E-state index in [-0.39, 0.29) is 17.3 Å². The minimum absolute atomic E-state index is 0.0913. The summed E-state index contributed by atoms with van der Waals surface area (Å²) < 4.78 is 0. The highest BCUT2D eigenvalue weighted by Gasteiger charge is 2.37. The van der Waals surface area contributed by atoms with Gasteiger partial charge in [-0.3, -0.25) is 9.59 Å². The van der Waals surface area contributed by atoms with Crippen molar-refractivity contribution in [2.45, 2.75) is 19.2 Å². The van der Waals surface area contributed by atoms with Gasteiger partial charge in [0.2, 0.25) is 5.78 Å². The molecule has 0 bridgehead atoms. The maximum Gasteiger partial charge on any atom is 0.209 e. The van der Waals surface area contributed by atoms with Crippen LogP contribution in [0.4, 0.5) is 5.69 Å². The molecule has 0 aliphatic heterocycles. The molecule has 2 aromatic carbocycles. The Kier molecular flexibility index (Phi) is 3.67. The van der Waals surface area contributed by atoms with E-state index in [1.165, 1.54) is 0 Å². The Morgan fingerprint density at radius 2 is 1.64 bits per heavy atom. The summed E-state index contributed by atoms with van der Waals surface area (Å²) in [5.74, 6) is -0.562. The van der Waals surface area contributed by atoms with E-state index < -0.39 is 5.38 Å².